The molecule has 1 aromatic carbocycles. The van der Waals surface area contributed by atoms with Gasteiger partial charge in [0.2, 0.25) is 0 Å². The summed E-state index contributed by atoms with van der Waals surface area (Å²) in [7, 11) is 1.26. The highest BCUT2D eigenvalue weighted by atomic mass is 16.5. The van der Waals surface area contributed by atoms with Crippen molar-refractivity contribution < 1.29 is 9.53 Å². The van der Waals surface area contributed by atoms with Crippen LogP contribution in [-0.4, -0.2) is 54.7 Å². The highest BCUT2D eigenvalue weighted by molar-refractivity contribution is 5.82. The average Bonchev–Trinajstić information content (AvgIpc) is 3.18. The Morgan fingerprint density at radius 3 is 3.07 bits per heavy atom. The molecule has 9 heteroatoms. The molecule has 1 aliphatic rings. The third kappa shape index (κ3) is 4.70. The van der Waals surface area contributed by atoms with Crippen LogP contribution in [0.1, 0.15) is 11.4 Å². The Labute approximate surface area is 155 Å². The van der Waals surface area contributed by atoms with Crippen molar-refractivity contribution in [3.8, 4) is 0 Å². The molecule has 1 unspecified atom stereocenters. The molecule has 0 amide bonds. The second-order valence-electron chi connectivity index (χ2n) is 6.06. The Kier molecular flexibility index (Phi) is 5.82. The van der Waals surface area contributed by atoms with E-state index in [2.05, 4.69) is 30.3 Å². The summed E-state index contributed by atoms with van der Waals surface area (Å²) in [5, 5.41) is 6.77. The van der Waals surface area contributed by atoms with Gasteiger partial charge in [-0.15, -0.1) is 0 Å². The lowest BCUT2D eigenvalue weighted by Gasteiger charge is -2.09. The number of nitrogens with two attached hydrogens (primary N) is 1. The second kappa shape index (κ2) is 8.45. The third-order valence-electron chi connectivity index (χ3n) is 4.07. The van der Waals surface area contributed by atoms with E-state index in [1.807, 2.05) is 18.2 Å². The molecule has 0 saturated carbocycles. The van der Waals surface area contributed by atoms with Gasteiger partial charge in [0.1, 0.15) is 11.9 Å². The van der Waals surface area contributed by atoms with Crippen LogP contribution in [0.3, 0.4) is 0 Å². The number of H-pyrrole nitrogens is 1. The average molecular weight is 370 g/mol. The van der Waals surface area contributed by atoms with Crippen LogP contribution in [-0.2, 0) is 16.0 Å². The zero-order valence-corrected chi connectivity index (χ0v) is 15.0. The Bertz CT molecular complexity index is 950. The van der Waals surface area contributed by atoms with Crippen molar-refractivity contribution in [2.45, 2.75) is 12.5 Å². The normalized spacial score (nSPS) is 14.8. The molecular weight excluding hydrogens is 348 g/mol. The molecule has 1 atom stereocenters. The quantitative estimate of drug-likeness (QED) is 0.505. The van der Waals surface area contributed by atoms with E-state index >= 15 is 0 Å². The van der Waals surface area contributed by atoms with Crippen molar-refractivity contribution in [3.05, 3.63) is 46.0 Å². The van der Waals surface area contributed by atoms with Gasteiger partial charge >= 0.3 is 5.97 Å². The Morgan fingerprint density at radius 2 is 2.33 bits per heavy atom. The number of nitrogens with one attached hydrogen (secondary N) is 3. The first-order valence-corrected chi connectivity index (χ1v) is 8.62. The smallest absolute Gasteiger partial charge is 0.323 e. The number of aromatic nitrogens is 2. The summed E-state index contributed by atoms with van der Waals surface area (Å²) in [5.74, 6) is 0.602. The number of benzene rings is 1. The molecule has 0 radical (unpaired) electrons. The monoisotopic (exact) mass is 370 g/mol. The van der Waals surface area contributed by atoms with Gasteiger partial charge in [0, 0.05) is 19.5 Å². The largest absolute Gasteiger partial charge is 0.468 e. The standard InChI is InChI=1S/C18H22N6O3/c1-27-17(26)13(19)10-15-23-14-5-4-11(9-12(14)16(25)24-15)3-2-6-20-18-21-7-8-22-18/h2-5,9,13H,6-8,10,19H2,1H3,(H2,20,21,22)(H,23,24,25)/b3-2+. The number of hydrogen-bond donors (Lipinski definition) is 4. The van der Waals surface area contributed by atoms with E-state index in [9.17, 15) is 9.59 Å². The summed E-state index contributed by atoms with van der Waals surface area (Å²) < 4.78 is 4.59. The lowest BCUT2D eigenvalue weighted by molar-refractivity contribution is -0.142. The number of esters is 1. The molecule has 1 aromatic heterocycles. The van der Waals surface area contributed by atoms with E-state index in [0.717, 1.165) is 24.6 Å². The number of guanidine groups is 1. The molecular formula is C18H22N6O3. The fourth-order valence-electron chi connectivity index (χ4n) is 2.72. The molecule has 2 heterocycles. The van der Waals surface area contributed by atoms with Crippen LogP contribution in [0.15, 0.2) is 34.1 Å². The number of fused-ring (bicyclic) bond motifs is 1. The summed E-state index contributed by atoms with van der Waals surface area (Å²) in [6.07, 6.45) is 3.97. The van der Waals surface area contributed by atoms with Crippen molar-refractivity contribution in [3.63, 3.8) is 0 Å². The highest BCUT2D eigenvalue weighted by Crippen LogP contribution is 2.12. The van der Waals surface area contributed by atoms with Crippen LogP contribution in [0, 0.1) is 0 Å². The topological polar surface area (TPSA) is 134 Å². The maximum atomic E-state index is 12.4. The Hall–Kier alpha value is -3.20. The number of aliphatic imine (C=N–C) groups is 1. The molecule has 5 N–H and O–H groups in total. The molecule has 9 nitrogen and oxygen atoms in total. The minimum Gasteiger partial charge on any atom is -0.468 e. The summed E-state index contributed by atoms with van der Waals surface area (Å²) in [4.78, 5) is 35.1. The first-order chi connectivity index (χ1) is 13.1. The Morgan fingerprint density at radius 1 is 1.48 bits per heavy atom. The molecule has 0 fully saturated rings. The Balaban J connectivity index is 1.71. The maximum absolute atomic E-state index is 12.4. The molecule has 0 spiro atoms. The fraction of sp³-hybridized carbons (Fsp3) is 0.333. The van der Waals surface area contributed by atoms with Gasteiger partial charge in [-0.2, -0.15) is 0 Å². The fourth-order valence-corrected chi connectivity index (χ4v) is 2.72. The molecule has 27 heavy (non-hydrogen) atoms. The summed E-state index contributed by atoms with van der Waals surface area (Å²) >= 11 is 0. The molecule has 142 valence electrons. The number of nitrogens with zero attached hydrogens (tertiary/aromatic N) is 2. The number of rotatable bonds is 6. The van der Waals surface area contributed by atoms with Crippen LogP contribution < -0.4 is 21.9 Å². The third-order valence-corrected chi connectivity index (χ3v) is 4.07. The first-order valence-electron chi connectivity index (χ1n) is 8.62. The summed E-state index contributed by atoms with van der Waals surface area (Å²) in [5.41, 5.74) is 6.89. The number of ether oxygens (including phenoxy) is 1. The predicted octanol–water partition coefficient (Wildman–Crippen LogP) is -0.472. The minimum atomic E-state index is -0.871. The van der Waals surface area contributed by atoms with Crippen molar-refractivity contribution in [1.82, 2.24) is 20.6 Å². The van der Waals surface area contributed by atoms with E-state index in [-0.39, 0.29) is 12.0 Å². The van der Waals surface area contributed by atoms with E-state index in [0.29, 0.717) is 23.3 Å². The SMILES string of the molecule is COC(=O)C(N)Cc1nc2ccc(/C=C/CNC3=NCCN3)cc2c(=O)[nH]1. The zero-order chi connectivity index (χ0) is 19.2. The van der Waals surface area contributed by atoms with E-state index in [4.69, 9.17) is 5.73 Å². The van der Waals surface area contributed by atoms with Crippen LogP contribution in [0.2, 0.25) is 0 Å². The van der Waals surface area contributed by atoms with Gasteiger partial charge in [-0.3, -0.25) is 14.6 Å². The van der Waals surface area contributed by atoms with Crippen LogP contribution in [0.25, 0.3) is 17.0 Å². The number of methoxy groups -OCH3 is 1. The highest BCUT2D eigenvalue weighted by Gasteiger charge is 2.16. The lowest BCUT2D eigenvalue weighted by atomic mass is 10.1. The molecule has 0 saturated heterocycles. The van der Waals surface area contributed by atoms with Gasteiger partial charge in [-0.25, -0.2) is 4.98 Å². The van der Waals surface area contributed by atoms with Gasteiger partial charge in [0.05, 0.1) is 24.6 Å². The van der Waals surface area contributed by atoms with Crippen molar-refractivity contribution in [2.24, 2.45) is 10.7 Å². The van der Waals surface area contributed by atoms with Gasteiger partial charge < -0.3 is 26.1 Å². The molecule has 3 rings (SSSR count). The lowest BCUT2D eigenvalue weighted by Crippen LogP contribution is -2.34. The summed E-state index contributed by atoms with van der Waals surface area (Å²) in [6.45, 7) is 2.28. The minimum absolute atomic E-state index is 0.100. The van der Waals surface area contributed by atoms with Gasteiger partial charge in [-0.1, -0.05) is 18.2 Å². The second-order valence-corrected chi connectivity index (χ2v) is 6.06. The molecule has 2 aromatic rings. The number of hydrogen-bond acceptors (Lipinski definition) is 8. The number of aromatic amines is 1. The predicted molar refractivity (Wildman–Crippen MR) is 103 cm³/mol. The maximum Gasteiger partial charge on any atom is 0.323 e. The van der Waals surface area contributed by atoms with Crippen LogP contribution in [0.5, 0.6) is 0 Å². The van der Waals surface area contributed by atoms with E-state index < -0.39 is 12.0 Å². The van der Waals surface area contributed by atoms with Crippen LogP contribution >= 0.6 is 0 Å². The number of carbonyl (C=O) groups is 1. The van der Waals surface area contributed by atoms with Crippen molar-refractivity contribution in [2.75, 3.05) is 26.7 Å². The summed E-state index contributed by atoms with van der Waals surface area (Å²) in [6, 6.07) is 4.55. The van der Waals surface area contributed by atoms with E-state index in [1.165, 1.54) is 7.11 Å². The molecule has 0 aliphatic carbocycles. The van der Waals surface area contributed by atoms with E-state index in [1.54, 1.807) is 12.1 Å². The zero-order valence-electron chi connectivity index (χ0n) is 15.0. The van der Waals surface area contributed by atoms with Crippen molar-refractivity contribution in [1.29, 1.82) is 0 Å². The van der Waals surface area contributed by atoms with Gasteiger partial charge in [0.25, 0.3) is 5.56 Å². The first kappa shape index (κ1) is 18.6. The molecule has 0 bridgehead atoms. The van der Waals surface area contributed by atoms with Crippen molar-refractivity contribution >= 4 is 28.9 Å². The molecule has 1 aliphatic heterocycles. The number of carbonyl (C=O) groups excluding carboxylic acids is 1. The van der Waals surface area contributed by atoms with Crippen LogP contribution in [0.4, 0.5) is 0 Å². The van der Waals surface area contributed by atoms with Gasteiger partial charge in [-0.05, 0) is 17.7 Å². The van der Waals surface area contributed by atoms with Gasteiger partial charge in [0.15, 0.2) is 5.96 Å².